The highest BCUT2D eigenvalue weighted by Crippen LogP contribution is 2.21. The monoisotopic (exact) mass is 327 g/mol. The summed E-state index contributed by atoms with van der Waals surface area (Å²) < 4.78 is 5.12. The van der Waals surface area contributed by atoms with E-state index in [1.54, 1.807) is 19.2 Å². The van der Waals surface area contributed by atoms with Gasteiger partial charge in [-0.15, -0.1) is 0 Å². The van der Waals surface area contributed by atoms with Crippen LogP contribution in [0.4, 0.5) is 0 Å². The third kappa shape index (κ3) is 4.84. The fraction of sp³-hybridized carbons (Fsp3) is 0.263. The molecule has 1 amide bonds. The van der Waals surface area contributed by atoms with Crippen LogP contribution < -0.4 is 10.1 Å². The number of nitrogens with one attached hydrogen (secondary N) is 1. The van der Waals surface area contributed by atoms with E-state index in [0.29, 0.717) is 13.0 Å². The van der Waals surface area contributed by atoms with Crippen molar-refractivity contribution in [1.82, 2.24) is 5.32 Å². The fourth-order valence-electron chi connectivity index (χ4n) is 2.37. The first-order valence-electron chi connectivity index (χ1n) is 7.72. The second kappa shape index (κ2) is 8.15. The van der Waals surface area contributed by atoms with Crippen molar-refractivity contribution < 1.29 is 19.4 Å². The van der Waals surface area contributed by atoms with E-state index in [4.69, 9.17) is 9.84 Å². The molecule has 1 unspecified atom stereocenters. The molecule has 126 valence electrons. The van der Waals surface area contributed by atoms with E-state index >= 15 is 0 Å². The molecule has 2 rings (SSSR count). The lowest BCUT2D eigenvalue weighted by Gasteiger charge is -2.13. The second-order valence-corrected chi connectivity index (χ2v) is 5.66. The van der Waals surface area contributed by atoms with Crippen LogP contribution in [0.25, 0.3) is 0 Å². The summed E-state index contributed by atoms with van der Waals surface area (Å²) in [5.74, 6) is -0.106. The van der Waals surface area contributed by atoms with Crippen molar-refractivity contribution >= 4 is 11.9 Å². The van der Waals surface area contributed by atoms with Crippen LogP contribution in [0, 0.1) is 0 Å². The average molecular weight is 327 g/mol. The summed E-state index contributed by atoms with van der Waals surface area (Å²) in [5.41, 5.74) is 2.18. The highest BCUT2D eigenvalue weighted by molar-refractivity contribution is 5.87. The van der Waals surface area contributed by atoms with Gasteiger partial charge in [0.25, 0.3) is 0 Å². The van der Waals surface area contributed by atoms with E-state index in [9.17, 15) is 9.59 Å². The summed E-state index contributed by atoms with van der Waals surface area (Å²) in [7, 11) is 1.62. The Balaban J connectivity index is 1.84. The van der Waals surface area contributed by atoms with Gasteiger partial charge in [-0.3, -0.25) is 4.79 Å². The number of carboxylic acids is 1. The highest BCUT2D eigenvalue weighted by Gasteiger charge is 2.11. The Bertz CT molecular complexity index is 692. The smallest absolute Gasteiger partial charge is 0.335 e. The topological polar surface area (TPSA) is 75.6 Å². The lowest BCUT2D eigenvalue weighted by atomic mass is 9.97. The van der Waals surface area contributed by atoms with Crippen LogP contribution >= 0.6 is 0 Å². The van der Waals surface area contributed by atoms with Crippen LogP contribution in [0.5, 0.6) is 5.75 Å². The molecule has 5 nitrogen and oxygen atoms in total. The van der Waals surface area contributed by atoms with E-state index < -0.39 is 5.97 Å². The lowest BCUT2D eigenvalue weighted by molar-refractivity contribution is -0.121. The Hall–Kier alpha value is -2.82. The Morgan fingerprint density at radius 1 is 1.08 bits per heavy atom. The maximum absolute atomic E-state index is 12.1. The number of amides is 1. The van der Waals surface area contributed by atoms with Gasteiger partial charge in [0.2, 0.25) is 5.91 Å². The van der Waals surface area contributed by atoms with Crippen molar-refractivity contribution in [3.05, 3.63) is 65.2 Å². The summed E-state index contributed by atoms with van der Waals surface area (Å²) >= 11 is 0. The molecule has 0 aromatic heterocycles. The van der Waals surface area contributed by atoms with Gasteiger partial charge in [-0.1, -0.05) is 31.2 Å². The largest absolute Gasteiger partial charge is 0.497 e. The standard InChI is InChI=1S/C19H21NO4/c1-13(15-7-9-17(24-2)10-8-15)11-18(21)20-12-14-3-5-16(6-4-14)19(22)23/h3-10,13H,11-12H2,1-2H3,(H,20,21)(H,22,23). The molecule has 0 radical (unpaired) electrons. The molecule has 0 saturated carbocycles. The highest BCUT2D eigenvalue weighted by atomic mass is 16.5. The van der Waals surface area contributed by atoms with Crippen molar-refractivity contribution in [2.75, 3.05) is 7.11 Å². The zero-order chi connectivity index (χ0) is 17.5. The summed E-state index contributed by atoms with van der Waals surface area (Å²) in [4.78, 5) is 22.9. The van der Waals surface area contributed by atoms with Crippen molar-refractivity contribution in [2.45, 2.75) is 25.8 Å². The molecular weight excluding hydrogens is 306 g/mol. The Labute approximate surface area is 141 Å². The zero-order valence-electron chi connectivity index (χ0n) is 13.8. The molecule has 0 spiro atoms. The summed E-state index contributed by atoms with van der Waals surface area (Å²) in [6.45, 7) is 2.39. The van der Waals surface area contributed by atoms with Gasteiger partial charge in [0, 0.05) is 13.0 Å². The van der Waals surface area contributed by atoms with Gasteiger partial charge in [0.05, 0.1) is 12.7 Å². The molecule has 0 heterocycles. The molecule has 0 aliphatic carbocycles. The SMILES string of the molecule is COc1ccc(C(C)CC(=O)NCc2ccc(C(=O)O)cc2)cc1. The number of hydrogen-bond donors (Lipinski definition) is 2. The van der Waals surface area contributed by atoms with Crippen molar-refractivity contribution in [3.8, 4) is 5.75 Å². The molecule has 0 saturated heterocycles. The van der Waals surface area contributed by atoms with Crippen LogP contribution in [0.1, 0.15) is 40.7 Å². The van der Waals surface area contributed by atoms with Crippen LogP contribution in [-0.4, -0.2) is 24.1 Å². The number of aromatic carboxylic acids is 1. The minimum absolute atomic E-state index is 0.0411. The van der Waals surface area contributed by atoms with Crippen LogP contribution in [0.15, 0.2) is 48.5 Å². The van der Waals surface area contributed by atoms with Gasteiger partial charge in [-0.2, -0.15) is 0 Å². The molecule has 2 aromatic carbocycles. The number of hydrogen-bond acceptors (Lipinski definition) is 3. The number of carboxylic acid groups (broad SMARTS) is 1. The van der Waals surface area contributed by atoms with Crippen LogP contribution in [0.3, 0.4) is 0 Å². The van der Waals surface area contributed by atoms with Gasteiger partial charge >= 0.3 is 5.97 Å². The fourth-order valence-corrected chi connectivity index (χ4v) is 2.37. The average Bonchev–Trinajstić information content (AvgIpc) is 2.60. The van der Waals surface area contributed by atoms with E-state index in [-0.39, 0.29) is 17.4 Å². The van der Waals surface area contributed by atoms with Crippen molar-refractivity contribution in [1.29, 1.82) is 0 Å². The van der Waals surface area contributed by atoms with Crippen molar-refractivity contribution in [2.24, 2.45) is 0 Å². The molecule has 0 bridgehead atoms. The minimum atomic E-state index is -0.959. The van der Waals surface area contributed by atoms with Gasteiger partial charge in [0.1, 0.15) is 5.75 Å². The molecule has 0 aliphatic rings. The van der Waals surface area contributed by atoms with Gasteiger partial charge in [-0.25, -0.2) is 4.79 Å². The van der Waals surface area contributed by atoms with E-state index in [2.05, 4.69) is 5.32 Å². The van der Waals surface area contributed by atoms with Crippen LogP contribution in [-0.2, 0) is 11.3 Å². The molecule has 2 aromatic rings. The van der Waals surface area contributed by atoms with Crippen LogP contribution in [0.2, 0.25) is 0 Å². The number of rotatable bonds is 7. The minimum Gasteiger partial charge on any atom is -0.497 e. The summed E-state index contributed by atoms with van der Waals surface area (Å²) in [5, 5.41) is 11.7. The predicted octanol–water partition coefficient (Wildman–Crippen LogP) is 3.20. The van der Waals surface area contributed by atoms with Gasteiger partial charge in [-0.05, 0) is 41.3 Å². The quantitative estimate of drug-likeness (QED) is 0.819. The first-order valence-corrected chi connectivity index (χ1v) is 7.72. The van der Waals surface area contributed by atoms with E-state index in [1.807, 2.05) is 31.2 Å². The molecular formula is C19H21NO4. The number of carbonyl (C=O) groups is 2. The third-order valence-electron chi connectivity index (χ3n) is 3.87. The Kier molecular flexibility index (Phi) is 5.95. The first kappa shape index (κ1) is 17.5. The molecule has 0 aliphatic heterocycles. The normalized spacial score (nSPS) is 11.6. The van der Waals surface area contributed by atoms with Gasteiger partial charge < -0.3 is 15.2 Å². The van der Waals surface area contributed by atoms with E-state index in [0.717, 1.165) is 16.9 Å². The van der Waals surface area contributed by atoms with E-state index in [1.165, 1.54) is 12.1 Å². The van der Waals surface area contributed by atoms with Crippen molar-refractivity contribution in [3.63, 3.8) is 0 Å². The number of methoxy groups -OCH3 is 1. The molecule has 1 atom stereocenters. The maximum atomic E-state index is 12.1. The summed E-state index contributed by atoms with van der Waals surface area (Å²) in [6, 6.07) is 14.2. The predicted molar refractivity (Wildman–Crippen MR) is 91.3 cm³/mol. The number of carbonyl (C=O) groups excluding carboxylic acids is 1. The Morgan fingerprint density at radius 2 is 1.71 bits per heavy atom. The third-order valence-corrected chi connectivity index (χ3v) is 3.87. The zero-order valence-corrected chi connectivity index (χ0v) is 13.8. The summed E-state index contributed by atoms with van der Waals surface area (Å²) in [6.07, 6.45) is 0.388. The maximum Gasteiger partial charge on any atom is 0.335 e. The number of ether oxygens (including phenoxy) is 1. The lowest BCUT2D eigenvalue weighted by Crippen LogP contribution is -2.24. The molecule has 2 N–H and O–H groups in total. The van der Waals surface area contributed by atoms with Gasteiger partial charge in [0.15, 0.2) is 0 Å². The molecule has 5 heteroatoms. The second-order valence-electron chi connectivity index (χ2n) is 5.66. The Morgan fingerprint density at radius 3 is 2.25 bits per heavy atom. The number of benzene rings is 2. The molecule has 0 fully saturated rings. The first-order chi connectivity index (χ1) is 11.5. The molecule has 24 heavy (non-hydrogen) atoms.